The molecule has 0 spiro atoms. The molecule has 1 aliphatic rings. The number of thioether (sulfide) groups is 1. The molecule has 6 rings (SSSR count). The first-order valence-corrected chi connectivity index (χ1v) is 9.62. The van der Waals surface area contributed by atoms with E-state index in [1.165, 1.54) is 48.8 Å². The molecule has 0 bridgehead atoms. The maximum absolute atomic E-state index is 3.92. The van der Waals surface area contributed by atoms with Gasteiger partial charge in [-0.2, -0.15) is 0 Å². The number of fused-ring (bicyclic) bond motifs is 3. The van der Waals surface area contributed by atoms with Crippen molar-refractivity contribution in [2.24, 2.45) is 4.99 Å². The molecule has 0 amide bonds. The fraction of sp³-hybridized carbons (Fsp3) is 0.0870. The van der Waals surface area contributed by atoms with Crippen LogP contribution < -0.4 is 0 Å². The lowest BCUT2D eigenvalue weighted by Crippen LogP contribution is -1.86. The Morgan fingerprint density at radius 1 is 0.600 bits per heavy atom. The highest BCUT2D eigenvalue weighted by atomic mass is 32.2. The van der Waals surface area contributed by atoms with E-state index < -0.39 is 0 Å². The Hall–Kier alpha value is -2.58. The molecule has 1 heterocycles. The van der Waals surface area contributed by atoms with E-state index in [1.807, 2.05) is 5.55 Å². The molecule has 1 aliphatic heterocycles. The molecule has 5 aromatic rings. The smallest absolute Gasteiger partial charge is 0.0542 e. The zero-order valence-corrected chi connectivity index (χ0v) is 14.6. The molecule has 0 atom stereocenters. The molecule has 0 aliphatic carbocycles. The van der Waals surface area contributed by atoms with E-state index in [-0.39, 0.29) is 0 Å². The summed E-state index contributed by atoms with van der Waals surface area (Å²) in [6, 6.07) is 26.4. The van der Waals surface area contributed by atoms with E-state index in [1.54, 1.807) is 11.8 Å². The van der Waals surface area contributed by atoms with Crippen LogP contribution in [0.3, 0.4) is 0 Å². The summed E-state index contributed by atoms with van der Waals surface area (Å²) in [5.74, 6) is 1.19. The number of benzene rings is 5. The molecule has 0 aromatic heterocycles. The minimum atomic E-state index is 1.03. The molecule has 5 aromatic carbocycles. The Kier molecular flexibility index (Phi) is 3.57. The van der Waals surface area contributed by atoms with Gasteiger partial charge in [0.05, 0.1) is 5.55 Å². The molecule has 0 fully saturated rings. The first kappa shape index (κ1) is 14.7. The van der Waals surface area contributed by atoms with Crippen LogP contribution >= 0.6 is 11.8 Å². The average molecular weight is 339 g/mol. The van der Waals surface area contributed by atoms with Gasteiger partial charge in [0.25, 0.3) is 0 Å². The molecular formula is C23H17NS. The van der Waals surface area contributed by atoms with Crippen LogP contribution in [0.1, 0.15) is 0 Å². The normalized spacial score (nSPS) is 13.8. The van der Waals surface area contributed by atoms with E-state index >= 15 is 0 Å². The highest BCUT2D eigenvalue weighted by molar-refractivity contribution is 8.12. The minimum Gasteiger partial charge on any atom is -0.285 e. The van der Waals surface area contributed by atoms with Crippen molar-refractivity contribution in [3.63, 3.8) is 0 Å². The Morgan fingerprint density at radius 3 is 1.60 bits per heavy atom. The van der Waals surface area contributed by atoms with Crippen molar-refractivity contribution in [3.8, 4) is 0 Å². The first-order chi connectivity index (χ1) is 12.4. The lowest BCUT2D eigenvalue weighted by Gasteiger charge is -2.14. The van der Waals surface area contributed by atoms with E-state index in [9.17, 15) is 0 Å². The molecule has 0 saturated heterocycles. The second-order valence-corrected chi connectivity index (χ2v) is 7.25. The van der Waals surface area contributed by atoms with Crippen molar-refractivity contribution in [2.75, 3.05) is 12.3 Å². The fourth-order valence-electron chi connectivity index (χ4n) is 3.82. The Morgan fingerprint density at radius 2 is 1.16 bits per heavy atom. The van der Waals surface area contributed by atoms with Crippen LogP contribution in [0.4, 0.5) is 0 Å². The Labute approximate surface area is 150 Å². The first-order valence-electron chi connectivity index (χ1n) is 8.57. The predicted molar refractivity (Wildman–Crippen MR) is 113 cm³/mol. The summed E-state index contributed by atoms with van der Waals surface area (Å²) in [6.07, 6.45) is 0. The van der Waals surface area contributed by atoms with Gasteiger partial charge >= 0.3 is 0 Å². The van der Waals surface area contributed by atoms with Gasteiger partial charge in [0.15, 0.2) is 0 Å². The van der Waals surface area contributed by atoms with Gasteiger partial charge in [-0.1, -0.05) is 72.8 Å². The molecule has 25 heavy (non-hydrogen) atoms. The SMILES string of the molecule is C1=NCCS1.c1ccc2c(c1)c1cccc3ccc4cccc2c4c31. The van der Waals surface area contributed by atoms with Gasteiger partial charge in [0, 0.05) is 12.3 Å². The van der Waals surface area contributed by atoms with Crippen molar-refractivity contribution < 1.29 is 0 Å². The number of hydrogen-bond donors (Lipinski definition) is 0. The zero-order chi connectivity index (χ0) is 16.6. The van der Waals surface area contributed by atoms with Crippen molar-refractivity contribution in [3.05, 3.63) is 72.8 Å². The molecule has 1 nitrogen and oxygen atoms in total. The summed E-state index contributed by atoms with van der Waals surface area (Å²) >= 11 is 1.78. The number of aliphatic imine (C=N–C) groups is 1. The largest absolute Gasteiger partial charge is 0.285 e. The van der Waals surface area contributed by atoms with Gasteiger partial charge in [-0.25, -0.2) is 0 Å². The van der Waals surface area contributed by atoms with Gasteiger partial charge < -0.3 is 0 Å². The van der Waals surface area contributed by atoms with Crippen molar-refractivity contribution in [1.82, 2.24) is 0 Å². The summed E-state index contributed by atoms with van der Waals surface area (Å²) < 4.78 is 0. The topological polar surface area (TPSA) is 12.4 Å². The minimum absolute atomic E-state index is 1.03. The second kappa shape index (κ2) is 6.05. The van der Waals surface area contributed by atoms with E-state index in [0.717, 1.165) is 6.54 Å². The second-order valence-electron chi connectivity index (χ2n) is 6.30. The summed E-state index contributed by atoms with van der Waals surface area (Å²) in [5, 5.41) is 10.9. The molecule has 0 radical (unpaired) electrons. The maximum atomic E-state index is 3.92. The molecule has 0 saturated carbocycles. The Balaban J connectivity index is 0.000000244. The van der Waals surface area contributed by atoms with Gasteiger partial charge in [-0.05, 0) is 43.1 Å². The maximum Gasteiger partial charge on any atom is 0.0542 e. The molecular weight excluding hydrogens is 322 g/mol. The third kappa shape index (κ3) is 2.37. The molecule has 2 heteroatoms. The predicted octanol–water partition coefficient (Wildman–Crippen LogP) is 6.50. The van der Waals surface area contributed by atoms with Crippen LogP contribution in [0.15, 0.2) is 77.8 Å². The molecule has 0 unspecified atom stereocenters. The number of nitrogens with zero attached hydrogens (tertiary/aromatic N) is 1. The van der Waals surface area contributed by atoms with Crippen LogP contribution in [0.2, 0.25) is 0 Å². The zero-order valence-electron chi connectivity index (χ0n) is 13.8. The highest BCUT2D eigenvalue weighted by Gasteiger charge is 2.11. The monoisotopic (exact) mass is 339 g/mol. The van der Waals surface area contributed by atoms with Crippen molar-refractivity contribution in [2.45, 2.75) is 0 Å². The van der Waals surface area contributed by atoms with Gasteiger partial charge in [0.1, 0.15) is 0 Å². The lowest BCUT2D eigenvalue weighted by atomic mass is 9.89. The molecule has 0 N–H and O–H groups in total. The third-order valence-corrected chi connectivity index (χ3v) is 5.60. The lowest BCUT2D eigenvalue weighted by molar-refractivity contribution is 1.18. The van der Waals surface area contributed by atoms with Crippen LogP contribution in [-0.4, -0.2) is 17.8 Å². The fourth-order valence-corrected chi connectivity index (χ4v) is 4.35. The summed E-state index contributed by atoms with van der Waals surface area (Å²) in [4.78, 5) is 3.92. The van der Waals surface area contributed by atoms with E-state index in [2.05, 4.69) is 77.8 Å². The highest BCUT2D eigenvalue weighted by Crippen LogP contribution is 2.40. The van der Waals surface area contributed by atoms with Crippen molar-refractivity contribution in [1.29, 1.82) is 0 Å². The van der Waals surface area contributed by atoms with Crippen LogP contribution in [-0.2, 0) is 0 Å². The van der Waals surface area contributed by atoms with Crippen LogP contribution in [0.5, 0.6) is 0 Å². The quantitative estimate of drug-likeness (QED) is 0.232. The Bertz CT molecular complexity index is 1130. The average Bonchev–Trinajstić information content (AvgIpc) is 3.27. The van der Waals surface area contributed by atoms with Gasteiger partial charge in [-0.15, -0.1) is 11.8 Å². The van der Waals surface area contributed by atoms with Crippen LogP contribution in [0.25, 0.3) is 43.1 Å². The molecule has 120 valence electrons. The van der Waals surface area contributed by atoms with Crippen LogP contribution in [0, 0.1) is 0 Å². The van der Waals surface area contributed by atoms with E-state index in [4.69, 9.17) is 0 Å². The van der Waals surface area contributed by atoms with Crippen molar-refractivity contribution >= 4 is 60.4 Å². The summed E-state index contributed by atoms with van der Waals surface area (Å²) in [5.41, 5.74) is 1.90. The number of rotatable bonds is 0. The standard InChI is InChI=1S/C20H12.C3H5NS/c1-2-8-16-15(7-1)17-9-3-5-13-11-12-14-6-4-10-18(16)20(14)19(13)17;1-2-5-3-4-1/h1-12H;3H,1-2H2. The van der Waals surface area contributed by atoms with Gasteiger partial charge in [-0.3, -0.25) is 4.99 Å². The number of hydrogen-bond acceptors (Lipinski definition) is 2. The summed E-state index contributed by atoms with van der Waals surface area (Å²) in [6.45, 7) is 1.03. The third-order valence-electron chi connectivity index (χ3n) is 4.88. The summed E-state index contributed by atoms with van der Waals surface area (Å²) in [7, 11) is 0. The van der Waals surface area contributed by atoms with Gasteiger partial charge in [0.2, 0.25) is 0 Å². The van der Waals surface area contributed by atoms with E-state index in [0.29, 0.717) is 0 Å².